The summed E-state index contributed by atoms with van der Waals surface area (Å²) in [6.07, 6.45) is 0. The van der Waals surface area contributed by atoms with Crippen molar-refractivity contribution >= 4 is 11.9 Å². The fourth-order valence-electron chi connectivity index (χ4n) is 1.56. The molecule has 0 unspecified atom stereocenters. The van der Waals surface area contributed by atoms with Crippen LogP contribution >= 0.6 is 0 Å². The maximum Gasteiger partial charge on any atom is 0.339 e. The lowest BCUT2D eigenvalue weighted by Crippen LogP contribution is -2.22. The lowest BCUT2D eigenvalue weighted by molar-refractivity contribution is 0.0322. The van der Waals surface area contributed by atoms with E-state index in [-0.39, 0.29) is 35.2 Å². The molecule has 1 aromatic carbocycles. The molecule has 0 aliphatic heterocycles. The predicted octanol–water partition coefficient (Wildman–Crippen LogP) is 4.09. The number of carbonyl (C=O) groups is 2. The molecule has 0 aliphatic rings. The first-order chi connectivity index (χ1) is 9.99. The maximum absolute atomic E-state index is 12.2. The molecule has 122 valence electrons. The molecule has 4 nitrogen and oxygen atoms in total. The van der Waals surface area contributed by atoms with E-state index in [2.05, 4.69) is 0 Å². The van der Waals surface area contributed by atoms with Crippen molar-refractivity contribution < 1.29 is 19.1 Å². The first kappa shape index (κ1) is 18.2. The van der Waals surface area contributed by atoms with Gasteiger partial charge in [-0.25, -0.2) is 9.59 Å². The van der Waals surface area contributed by atoms with E-state index in [1.165, 1.54) is 0 Å². The normalized spacial score (nSPS) is 11.9. The van der Waals surface area contributed by atoms with Gasteiger partial charge in [-0.05, 0) is 23.0 Å². The summed E-state index contributed by atoms with van der Waals surface area (Å²) in [5.41, 5.74) is 0.227. The van der Waals surface area contributed by atoms with Crippen LogP contribution in [0.25, 0.3) is 0 Å². The largest absolute Gasteiger partial charge is 0.462 e. The van der Waals surface area contributed by atoms with Crippen LogP contribution in [0.3, 0.4) is 0 Å². The Bertz CT molecular complexity index is 484. The van der Waals surface area contributed by atoms with Gasteiger partial charge in [-0.1, -0.05) is 53.7 Å². The highest BCUT2D eigenvalue weighted by atomic mass is 16.5. The Labute approximate surface area is 132 Å². The lowest BCUT2D eigenvalue weighted by atomic mass is 9.98. The maximum atomic E-state index is 12.2. The highest BCUT2D eigenvalue weighted by molar-refractivity contribution is 6.03. The average molecular weight is 306 g/mol. The van der Waals surface area contributed by atoms with Gasteiger partial charge < -0.3 is 9.47 Å². The van der Waals surface area contributed by atoms with Gasteiger partial charge in [-0.2, -0.15) is 0 Å². The van der Waals surface area contributed by atoms with E-state index in [9.17, 15) is 9.59 Å². The van der Waals surface area contributed by atoms with Gasteiger partial charge in [0.15, 0.2) is 0 Å². The number of benzene rings is 1. The molecule has 1 rings (SSSR count). The molecule has 0 aliphatic carbocycles. The first-order valence-corrected chi connectivity index (χ1v) is 7.43. The highest BCUT2D eigenvalue weighted by Gasteiger charge is 2.22. The molecular formula is C18H26O4. The molecular weight excluding hydrogens is 280 g/mol. The minimum absolute atomic E-state index is 0.128. The number of rotatable bonds is 4. The molecule has 1 aromatic rings. The molecule has 0 radical (unpaired) electrons. The molecule has 4 heteroatoms. The minimum Gasteiger partial charge on any atom is -0.462 e. The van der Waals surface area contributed by atoms with E-state index < -0.39 is 11.9 Å². The van der Waals surface area contributed by atoms with Crippen LogP contribution in [0, 0.1) is 10.8 Å². The van der Waals surface area contributed by atoms with Gasteiger partial charge in [0.2, 0.25) is 0 Å². The van der Waals surface area contributed by atoms with Gasteiger partial charge in [0, 0.05) is 0 Å². The fraction of sp³-hybridized carbons (Fsp3) is 0.556. The van der Waals surface area contributed by atoms with Crippen LogP contribution in [-0.2, 0) is 9.47 Å². The zero-order valence-corrected chi connectivity index (χ0v) is 14.4. The number of esters is 2. The summed E-state index contributed by atoms with van der Waals surface area (Å²) < 4.78 is 10.6. The van der Waals surface area contributed by atoms with Crippen LogP contribution in [-0.4, -0.2) is 25.2 Å². The van der Waals surface area contributed by atoms with Gasteiger partial charge in [0.25, 0.3) is 0 Å². The third-order valence-corrected chi connectivity index (χ3v) is 2.64. The summed E-state index contributed by atoms with van der Waals surface area (Å²) in [5.74, 6) is -1.00. The molecule has 0 atom stereocenters. The van der Waals surface area contributed by atoms with E-state index in [0.717, 1.165) is 0 Å². The second kappa shape index (κ2) is 6.95. The van der Waals surface area contributed by atoms with Crippen LogP contribution in [0.1, 0.15) is 62.3 Å². The third kappa shape index (κ3) is 6.29. The zero-order chi connectivity index (χ0) is 17.0. The van der Waals surface area contributed by atoms with E-state index in [1.807, 2.05) is 41.5 Å². The average Bonchev–Trinajstić information content (AvgIpc) is 2.40. The van der Waals surface area contributed by atoms with Gasteiger partial charge in [0.1, 0.15) is 0 Å². The zero-order valence-electron chi connectivity index (χ0n) is 14.4. The van der Waals surface area contributed by atoms with Crippen molar-refractivity contribution in [2.75, 3.05) is 13.2 Å². The van der Waals surface area contributed by atoms with Crippen LogP contribution < -0.4 is 0 Å². The van der Waals surface area contributed by atoms with Crippen LogP contribution in [0.15, 0.2) is 24.3 Å². The molecule has 0 fully saturated rings. The lowest BCUT2D eigenvalue weighted by Gasteiger charge is -2.19. The Kier molecular flexibility index (Phi) is 5.75. The molecule has 0 heterocycles. The summed E-state index contributed by atoms with van der Waals surface area (Å²) in [6.45, 7) is 12.4. The van der Waals surface area contributed by atoms with Crippen molar-refractivity contribution in [3.63, 3.8) is 0 Å². The van der Waals surface area contributed by atoms with Crippen molar-refractivity contribution in [3.05, 3.63) is 35.4 Å². The van der Waals surface area contributed by atoms with E-state index in [1.54, 1.807) is 24.3 Å². The third-order valence-electron chi connectivity index (χ3n) is 2.64. The van der Waals surface area contributed by atoms with E-state index >= 15 is 0 Å². The van der Waals surface area contributed by atoms with Crippen molar-refractivity contribution in [1.82, 2.24) is 0 Å². The van der Waals surface area contributed by atoms with Crippen molar-refractivity contribution in [3.8, 4) is 0 Å². The number of ether oxygens (including phenoxy) is 2. The topological polar surface area (TPSA) is 52.6 Å². The summed E-state index contributed by atoms with van der Waals surface area (Å²) >= 11 is 0. The number of hydrogen-bond donors (Lipinski definition) is 0. The summed E-state index contributed by atoms with van der Waals surface area (Å²) in [7, 11) is 0. The van der Waals surface area contributed by atoms with Crippen LogP contribution in [0.4, 0.5) is 0 Å². The second-order valence-corrected chi connectivity index (χ2v) is 7.82. The van der Waals surface area contributed by atoms with Crippen LogP contribution in [0.2, 0.25) is 0 Å². The van der Waals surface area contributed by atoms with Crippen molar-refractivity contribution in [2.45, 2.75) is 41.5 Å². The number of carbonyl (C=O) groups excluding carboxylic acids is 2. The molecule has 0 bridgehead atoms. The molecule has 0 saturated carbocycles. The highest BCUT2D eigenvalue weighted by Crippen LogP contribution is 2.18. The molecule has 0 saturated heterocycles. The van der Waals surface area contributed by atoms with Gasteiger partial charge in [0.05, 0.1) is 24.3 Å². The van der Waals surface area contributed by atoms with E-state index in [4.69, 9.17) is 9.47 Å². The van der Waals surface area contributed by atoms with Crippen molar-refractivity contribution in [2.24, 2.45) is 10.8 Å². The van der Waals surface area contributed by atoms with Gasteiger partial charge in [-0.3, -0.25) is 0 Å². The summed E-state index contributed by atoms with van der Waals surface area (Å²) in [4.78, 5) is 24.4. The quantitative estimate of drug-likeness (QED) is 0.786. The standard InChI is InChI=1S/C18H26O4/c1-17(2,3)11-21-15(19)13-9-7-8-10-14(13)16(20)22-12-18(4,5)6/h7-10H,11-12H2,1-6H3. The Morgan fingerprint density at radius 1 is 0.773 bits per heavy atom. The smallest absolute Gasteiger partial charge is 0.339 e. The Morgan fingerprint density at radius 2 is 1.09 bits per heavy atom. The Morgan fingerprint density at radius 3 is 1.36 bits per heavy atom. The number of hydrogen-bond acceptors (Lipinski definition) is 4. The summed E-state index contributed by atoms with van der Waals surface area (Å²) in [5, 5.41) is 0. The molecule has 0 spiro atoms. The van der Waals surface area contributed by atoms with Gasteiger partial charge in [-0.15, -0.1) is 0 Å². The SMILES string of the molecule is CC(C)(C)COC(=O)c1ccccc1C(=O)OCC(C)(C)C. The van der Waals surface area contributed by atoms with Gasteiger partial charge >= 0.3 is 11.9 Å². The minimum atomic E-state index is -0.502. The fourth-order valence-corrected chi connectivity index (χ4v) is 1.56. The first-order valence-electron chi connectivity index (χ1n) is 7.43. The molecule has 0 aromatic heterocycles. The molecule has 0 N–H and O–H groups in total. The second-order valence-electron chi connectivity index (χ2n) is 7.82. The molecule has 0 amide bonds. The van der Waals surface area contributed by atoms with Crippen LogP contribution in [0.5, 0.6) is 0 Å². The predicted molar refractivity (Wildman–Crippen MR) is 85.9 cm³/mol. The van der Waals surface area contributed by atoms with E-state index in [0.29, 0.717) is 0 Å². The van der Waals surface area contributed by atoms with Crippen molar-refractivity contribution in [1.29, 1.82) is 0 Å². The Balaban J connectivity index is 2.85. The Hall–Kier alpha value is -1.84. The summed E-state index contributed by atoms with van der Waals surface area (Å²) in [6, 6.07) is 6.57. The molecule has 22 heavy (non-hydrogen) atoms. The monoisotopic (exact) mass is 306 g/mol.